The van der Waals surface area contributed by atoms with Crippen molar-refractivity contribution in [2.24, 2.45) is 10.9 Å². The van der Waals surface area contributed by atoms with Crippen LogP contribution in [0.5, 0.6) is 0 Å². The van der Waals surface area contributed by atoms with Crippen molar-refractivity contribution in [1.82, 2.24) is 4.57 Å². The average molecular weight is 350 g/mol. The van der Waals surface area contributed by atoms with Gasteiger partial charge in [-0.1, -0.05) is 29.8 Å². The number of aryl methyl sites for hydroxylation is 1. The van der Waals surface area contributed by atoms with Gasteiger partial charge in [0.1, 0.15) is 0 Å². The second-order valence-corrected chi connectivity index (χ2v) is 8.95. The minimum absolute atomic E-state index is 0.0708. The monoisotopic (exact) mass is 350 g/mol. The number of amides is 1. The largest absolute Gasteiger partial charge is 0.319 e. The SMILES string of the molecule is Cc1ccc(Cn2ccsc2=NC(=O)[C@@H]2CCS(=O)(=O)C2)cc1. The Labute approximate surface area is 139 Å². The molecule has 0 saturated carbocycles. The number of benzene rings is 1. The standard InChI is InChI=1S/C16H18N2O3S2/c1-12-2-4-13(5-3-12)10-18-7-8-22-16(18)17-15(19)14-6-9-23(20,21)11-14/h2-5,7-8,14H,6,9-11H2,1H3/t14-/m1/s1. The maximum absolute atomic E-state index is 12.2. The van der Waals surface area contributed by atoms with Crippen LogP contribution in [0, 0.1) is 12.8 Å². The molecule has 0 unspecified atom stereocenters. The number of hydrogen-bond acceptors (Lipinski definition) is 4. The Morgan fingerprint density at radius 1 is 1.35 bits per heavy atom. The Balaban J connectivity index is 1.80. The normalized spacial score (nSPS) is 20.7. The fraction of sp³-hybridized carbons (Fsp3) is 0.375. The van der Waals surface area contributed by atoms with E-state index >= 15 is 0 Å². The molecule has 23 heavy (non-hydrogen) atoms. The molecule has 1 fully saturated rings. The topological polar surface area (TPSA) is 68.5 Å². The summed E-state index contributed by atoms with van der Waals surface area (Å²) in [7, 11) is -3.07. The van der Waals surface area contributed by atoms with Crippen molar-refractivity contribution in [3.05, 3.63) is 51.8 Å². The van der Waals surface area contributed by atoms with Gasteiger partial charge in [0.25, 0.3) is 5.91 Å². The smallest absolute Gasteiger partial charge is 0.252 e. The van der Waals surface area contributed by atoms with Crippen LogP contribution in [0.1, 0.15) is 17.5 Å². The number of rotatable bonds is 3. The summed E-state index contributed by atoms with van der Waals surface area (Å²) in [4.78, 5) is 17.0. The van der Waals surface area contributed by atoms with Crippen LogP contribution in [-0.4, -0.2) is 30.4 Å². The molecule has 0 spiro atoms. The van der Waals surface area contributed by atoms with Gasteiger partial charge in [0, 0.05) is 18.1 Å². The lowest BCUT2D eigenvalue weighted by Gasteiger charge is -2.05. The van der Waals surface area contributed by atoms with Crippen LogP contribution >= 0.6 is 11.3 Å². The summed E-state index contributed by atoms with van der Waals surface area (Å²) in [5, 5.41) is 1.88. The number of thiazole rings is 1. The molecule has 5 nitrogen and oxygen atoms in total. The van der Waals surface area contributed by atoms with E-state index in [2.05, 4.69) is 17.1 Å². The van der Waals surface area contributed by atoms with Gasteiger partial charge in [-0.15, -0.1) is 11.3 Å². The van der Waals surface area contributed by atoms with Crippen molar-refractivity contribution in [3.8, 4) is 0 Å². The number of hydrogen-bond donors (Lipinski definition) is 0. The van der Waals surface area contributed by atoms with Crippen molar-refractivity contribution in [2.75, 3.05) is 11.5 Å². The van der Waals surface area contributed by atoms with Gasteiger partial charge >= 0.3 is 0 Å². The van der Waals surface area contributed by atoms with Crippen LogP contribution in [0.25, 0.3) is 0 Å². The van der Waals surface area contributed by atoms with Crippen LogP contribution in [-0.2, 0) is 21.2 Å². The second-order valence-electron chi connectivity index (χ2n) is 5.85. The van der Waals surface area contributed by atoms with Gasteiger partial charge in [-0.2, -0.15) is 4.99 Å². The molecular weight excluding hydrogens is 332 g/mol. The lowest BCUT2D eigenvalue weighted by atomic mass is 10.1. The molecular formula is C16H18N2O3S2. The van der Waals surface area contributed by atoms with Gasteiger partial charge in [0.15, 0.2) is 14.6 Å². The fourth-order valence-electron chi connectivity index (χ4n) is 2.57. The van der Waals surface area contributed by atoms with E-state index in [4.69, 9.17) is 0 Å². The number of carbonyl (C=O) groups is 1. The molecule has 0 radical (unpaired) electrons. The summed E-state index contributed by atoms with van der Waals surface area (Å²) in [6.07, 6.45) is 2.27. The van der Waals surface area contributed by atoms with E-state index in [1.807, 2.05) is 35.2 Å². The Bertz CT molecular complexity index is 877. The van der Waals surface area contributed by atoms with Crippen LogP contribution in [0.3, 0.4) is 0 Å². The number of carbonyl (C=O) groups excluding carboxylic acids is 1. The molecule has 1 aromatic carbocycles. The number of nitrogens with zero attached hydrogens (tertiary/aromatic N) is 2. The summed E-state index contributed by atoms with van der Waals surface area (Å²) < 4.78 is 24.9. The molecule has 1 amide bonds. The first kappa shape index (κ1) is 16.1. The zero-order valence-corrected chi connectivity index (χ0v) is 14.4. The highest BCUT2D eigenvalue weighted by Gasteiger charge is 2.32. The van der Waals surface area contributed by atoms with Gasteiger partial charge in [-0.25, -0.2) is 8.42 Å². The van der Waals surface area contributed by atoms with E-state index in [-0.39, 0.29) is 17.4 Å². The van der Waals surface area contributed by atoms with Crippen molar-refractivity contribution in [3.63, 3.8) is 0 Å². The Morgan fingerprint density at radius 2 is 2.09 bits per heavy atom. The molecule has 0 aliphatic carbocycles. The Kier molecular flexibility index (Phi) is 4.50. The molecule has 3 rings (SSSR count). The third-order valence-electron chi connectivity index (χ3n) is 3.92. The first-order chi connectivity index (χ1) is 10.9. The summed E-state index contributed by atoms with van der Waals surface area (Å²) >= 11 is 1.38. The fourth-order valence-corrected chi connectivity index (χ4v) is 5.04. The molecule has 7 heteroatoms. The summed E-state index contributed by atoms with van der Waals surface area (Å²) in [5.74, 6) is -0.799. The van der Waals surface area contributed by atoms with E-state index in [9.17, 15) is 13.2 Å². The van der Waals surface area contributed by atoms with E-state index in [1.54, 1.807) is 0 Å². The minimum Gasteiger partial charge on any atom is -0.319 e. The van der Waals surface area contributed by atoms with Crippen LogP contribution in [0.4, 0.5) is 0 Å². The highest BCUT2D eigenvalue weighted by molar-refractivity contribution is 7.91. The molecule has 1 aliphatic rings. The molecule has 1 aromatic heterocycles. The third kappa shape index (κ3) is 3.97. The average Bonchev–Trinajstić information content (AvgIpc) is 3.08. The summed E-state index contributed by atoms with van der Waals surface area (Å²) in [5.41, 5.74) is 2.33. The van der Waals surface area contributed by atoms with Gasteiger partial charge in [-0.05, 0) is 18.9 Å². The van der Waals surface area contributed by atoms with Crippen LogP contribution in [0.2, 0.25) is 0 Å². The molecule has 0 N–H and O–H groups in total. The molecule has 122 valence electrons. The molecule has 2 aromatic rings. The van der Waals surface area contributed by atoms with Crippen molar-refractivity contribution >= 4 is 27.1 Å². The lowest BCUT2D eigenvalue weighted by molar-refractivity contribution is -0.121. The molecule has 2 heterocycles. The zero-order valence-electron chi connectivity index (χ0n) is 12.8. The van der Waals surface area contributed by atoms with Gasteiger partial charge < -0.3 is 4.57 Å². The maximum atomic E-state index is 12.2. The Morgan fingerprint density at radius 3 is 2.74 bits per heavy atom. The lowest BCUT2D eigenvalue weighted by Crippen LogP contribution is -2.21. The van der Waals surface area contributed by atoms with E-state index < -0.39 is 15.8 Å². The van der Waals surface area contributed by atoms with Gasteiger partial charge in [-0.3, -0.25) is 4.79 Å². The first-order valence-electron chi connectivity index (χ1n) is 7.41. The van der Waals surface area contributed by atoms with Crippen molar-refractivity contribution in [2.45, 2.75) is 19.9 Å². The van der Waals surface area contributed by atoms with Gasteiger partial charge in [0.2, 0.25) is 0 Å². The van der Waals surface area contributed by atoms with Crippen LogP contribution in [0.15, 0.2) is 40.8 Å². The third-order valence-corrected chi connectivity index (χ3v) is 6.48. The molecule has 0 bridgehead atoms. The maximum Gasteiger partial charge on any atom is 0.252 e. The van der Waals surface area contributed by atoms with Crippen molar-refractivity contribution in [1.29, 1.82) is 0 Å². The van der Waals surface area contributed by atoms with Gasteiger partial charge in [0.05, 0.1) is 17.4 Å². The summed E-state index contributed by atoms with van der Waals surface area (Å²) in [6, 6.07) is 8.20. The Hall–Kier alpha value is -1.73. The second kappa shape index (κ2) is 6.41. The number of aromatic nitrogens is 1. The quantitative estimate of drug-likeness (QED) is 0.847. The first-order valence-corrected chi connectivity index (χ1v) is 10.1. The molecule has 1 aliphatic heterocycles. The summed E-state index contributed by atoms with van der Waals surface area (Å²) in [6.45, 7) is 2.68. The predicted molar refractivity (Wildman–Crippen MR) is 89.9 cm³/mol. The minimum atomic E-state index is -3.07. The van der Waals surface area contributed by atoms with E-state index in [0.29, 0.717) is 17.8 Å². The number of sulfone groups is 1. The molecule has 1 atom stereocenters. The van der Waals surface area contributed by atoms with Crippen molar-refractivity contribution < 1.29 is 13.2 Å². The van der Waals surface area contributed by atoms with Crippen LogP contribution < -0.4 is 4.80 Å². The van der Waals surface area contributed by atoms with E-state index in [1.165, 1.54) is 16.9 Å². The highest BCUT2D eigenvalue weighted by atomic mass is 32.2. The molecule has 1 saturated heterocycles. The van der Waals surface area contributed by atoms with E-state index in [0.717, 1.165) is 5.56 Å². The highest BCUT2D eigenvalue weighted by Crippen LogP contribution is 2.19. The zero-order chi connectivity index (χ0) is 16.4. The predicted octanol–water partition coefficient (Wildman–Crippen LogP) is 1.77.